The summed E-state index contributed by atoms with van der Waals surface area (Å²) in [5.74, 6) is -0.298. The third-order valence-corrected chi connectivity index (χ3v) is 5.08. The third kappa shape index (κ3) is 4.63. The van der Waals surface area contributed by atoms with E-state index in [9.17, 15) is 9.59 Å². The minimum absolute atomic E-state index is 0.211. The van der Waals surface area contributed by atoms with Crippen molar-refractivity contribution in [3.05, 3.63) is 86.2 Å². The molecule has 3 rings (SSSR count). The van der Waals surface area contributed by atoms with E-state index in [0.29, 0.717) is 9.93 Å². The average molecular weight is 435 g/mol. The Balaban J connectivity index is 1.77. The molecule has 0 radical (unpaired) electrons. The van der Waals surface area contributed by atoms with Gasteiger partial charge < -0.3 is 0 Å². The number of benzene rings is 2. The number of imide groups is 1. The van der Waals surface area contributed by atoms with Gasteiger partial charge >= 0.3 is 0 Å². The van der Waals surface area contributed by atoms with E-state index >= 15 is 0 Å². The molecule has 1 fully saturated rings. The molecule has 0 spiro atoms. The molecular formula is C19H13BrClNO2S. The van der Waals surface area contributed by atoms with Crippen LogP contribution in [0.25, 0.3) is 6.08 Å². The van der Waals surface area contributed by atoms with Crippen molar-refractivity contribution in [1.29, 1.82) is 0 Å². The first-order valence-electron chi connectivity index (χ1n) is 7.45. The molecule has 2 amide bonds. The highest BCUT2D eigenvalue weighted by Crippen LogP contribution is 2.34. The lowest BCUT2D eigenvalue weighted by Gasteiger charge is -2.12. The smallest absolute Gasteiger partial charge is 0.268 e. The molecule has 1 aliphatic heterocycles. The number of carbonyl (C=O) groups is 2. The fourth-order valence-corrected chi connectivity index (χ4v) is 4.02. The highest BCUT2D eigenvalue weighted by atomic mass is 79.9. The minimum Gasteiger partial charge on any atom is -0.268 e. The summed E-state index contributed by atoms with van der Waals surface area (Å²) in [4.78, 5) is 26.3. The van der Waals surface area contributed by atoms with Crippen molar-refractivity contribution in [2.45, 2.75) is 6.54 Å². The van der Waals surface area contributed by atoms with Crippen molar-refractivity contribution >= 4 is 56.5 Å². The molecule has 0 aliphatic carbocycles. The Morgan fingerprint density at radius 2 is 1.88 bits per heavy atom. The van der Waals surface area contributed by atoms with Crippen LogP contribution in [0.2, 0.25) is 5.02 Å². The average Bonchev–Trinajstić information content (AvgIpc) is 2.83. The van der Waals surface area contributed by atoms with Crippen molar-refractivity contribution in [3.8, 4) is 0 Å². The van der Waals surface area contributed by atoms with Crippen LogP contribution in [0.5, 0.6) is 0 Å². The molecule has 2 aromatic rings. The number of halogens is 2. The van der Waals surface area contributed by atoms with Crippen molar-refractivity contribution in [2.75, 3.05) is 0 Å². The summed E-state index contributed by atoms with van der Waals surface area (Å²) in [6.45, 7) is 0.211. The van der Waals surface area contributed by atoms with Crippen molar-refractivity contribution in [3.63, 3.8) is 0 Å². The molecule has 25 heavy (non-hydrogen) atoms. The fraction of sp³-hybridized carbons (Fsp3) is 0.0526. The Kier molecular flexibility index (Phi) is 5.78. The summed E-state index contributed by atoms with van der Waals surface area (Å²) in [6, 6.07) is 16.9. The van der Waals surface area contributed by atoms with E-state index in [2.05, 4.69) is 15.9 Å². The first-order valence-corrected chi connectivity index (χ1v) is 9.44. The van der Waals surface area contributed by atoms with Gasteiger partial charge in [-0.15, -0.1) is 0 Å². The van der Waals surface area contributed by atoms with Crippen molar-refractivity contribution in [1.82, 2.24) is 4.90 Å². The molecule has 0 N–H and O–H groups in total. The van der Waals surface area contributed by atoms with Gasteiger partial charge in [0.1, 0.15) is 0 Å². The van der Waals surface area contributed by atoms with Crippen molar-refractivity contribution in [2.24, 2.45) is 0 Å². The molecule has 0 saturated carbocycles. The van der Waals surface area contributed by atoms with E-state index in [-0.39, 0.29) is 17.7 Å². The predicted molar refractivity (Wildman–Crippen MR) is 106 cm³/mol. The first-order chi connectivity index (χ1) is 12.0. The van der Waals surface area contributed by atoms with Crippen LogP contribution in [-0.4, -0.2) is 16.0 Å². The SMILES string of the molecule is O=C1S/C(=C\C(Br)=C\c2ccccc2)C(=O)N1Cc1cccc(Cl)c1. The normalized spacial score (nSPS) is 16.8. The molecular weight excluding hydrogens is 422 g/mol. The van der Waals surface area contributed by atoms with Gasteiger partial charge in [-0.05, 0) is 47.2 Å². The van der Waals surface area contributed by atoms with Gasteiger partial charge in [-0.2, -0.15) is 0 Å². The van der Waals surface area contributed by atoms with Crippen LogP contribution < -0.4 is 0 Å². The lowest BCUT2D eigenvalue weighted by Crippen LogP contribution is -2.27. The number of carbonyl (C=O) groups excluding carboxylic acids is 2. The molecule has 1 heterocycles. The van der Waals surface area contributed by atoms with Crippen molar-refractivity contribution < 1.29 is 9.59 Å². The second-order valence-corrected chi connectivity index (χ2v) is 7.68. The molecule has 126 valence electrons. The maximum atomic E-state index is 12.5. The van der Waals surface area contributed by atoms with Gasteiger partial charge in [-0.1, -0.05) is 70.0 Å². The number of rotatable bonds is 4. The highest BCUT2D eigenvalue weighted by molar-refractivity contribution is 9.12. The summed E-state index contributed by atoms with van der Waals surface area (Å²) in [7, 11) is 0. The van der Waals surface area contributed by atoms with Crippen LogP contribution >= 0.6 is 39.3 Å². The molecule has 0 aromatic heterocycles. The number of hydrogen-bond acceptors (Lipinski definition) is 3. The van der Waals surface area contributed by atoms with Gasteiger partial charge in [-0.3, -0.25) is 14.5 Å². The Bertz CT molecular complexity index is 880. The Labute approximate surface area is 163 Å². The Hall–Kier alpha value is -1.82. The molecule has 0 bridgehead atoms. The predicted octanol–water partition coefficient (Wildman–Crippen LogP) is 5.86. The first kappa shape index (κ1) is 18.0. The standard InChI is InChI=1S/C19H13BrClNO2S/c20-15(9-13-5-2-1-3-6-13)11-17-18(23)22(19(24)25-17)12-14-7-4-8-16(21)10-14/h1-11H,12H2/b15-9-,17-11-. The zero-order chi connectivity index (χ0) is 17.8. The number of thioether (sulfide) groups is 1. The minimum atomic E-state index is -0.298. The zero-order valence-electron chi connectivity index (χ0n) is 13.0. The van der Waals surface area contributed by atoms with E-state index in [1.807, 2.05) is 42.5 Å². The summed E-state index contributed by atoms with van der Waals surface area (Å²) < 4.78 is 0.729. The maximum Gasteiger partial charge on any atom is 0.293 e. The van der Waals surface area contributed by atoms with Crippen LogP contribution in [0.1, 0.15) is 11.1 Å². The second kappa shape index (κ2) is 8.04. The Morgan fingerprint density at radius 1 is 1.12 bits per heavy atom. The number of amides is 2. The van der Waals surface area contributed by atoms with Gasteiger partial charge in [0.25, 0.3) is 11.1 Å². The second-order valence-electron chi connectivity index (χ2n) is 5.34. The molecule has 6 heteroatoms. The number of nitrogens with zero attached hydrogens (tertiary/aromatic N) is 1. The van der Waals surface area contributed by atoms with E-state index < -0.39 is 0 Å². The summed E-state index contributed by atoms with van der Waals surface area (Å²) >= 11 is 10.3. The summed E-state index contributed by atoms with van der Waals surface area (Å²) in [5, 5.41) is 0.296. The molecule has 1 aliphatic rings. The van der Waals surface area contributed by atoms with E-state index in [4.69, 9.17) is 11.6 Å². The zero-order valence-corrected chi connectivity index (χ0v) is 16.1. The molecule has 1 saturated heterocycles. The van der Waals surface area contributed by atoms with Gasteiger partial charge in [0.05, 0.1) is 11.4 Å². The third-order valence-electron chi connectivity index (χ3n) is 3.48. The largest absolute Gasteiger partial charge is 0.293 e. The number of hydrogen-bond donors (Lipinski definition) is 0. The van der Waals surface area contributed by atoms with Crippen LogP contribution in [0.3, 0.4) is 0 Å². The van der Waals surface area contributed by atoms with Gasteiger partial charge in [0.2, 0.25) is 0 Å². The van der Waals surface area contributed by atoms with Crippen LogP contribution in [0.4, 0.5) is 4.79 Å². The van der Waals surface area contributed by atoms with Crippen LogP contribution in [0.15, 0.2) is 70.1 Å². The summed E-state index contributed by atoms with van der Waals surface area (Å²) in [5.41, 5.74) is 1.82. The number of allylic oxidation sites excluding steroid dienone is 2. The van der Waals surface area contributed by atoms with E-state index in [1.54, 1.807) is 24.3 Å². The van der Waals surface area contributed by atoms with E-state index in [0.717, 1.165) is 27.4 Å². The molecule has 0 unspecified atom stereocenters. The lowest BCUT2D eigenvalue weighted by atomic mass is 10.2. The van der Waals surface area contributed by atoms with E-state index in [1.165, 1.54) is 4.90 Å². The van der Waals surface area contributed by atoms with Gasteiger partial charge in [0.15, 0.2) is 0 Å². The Morgan fingerprint density at radius 3 is 2.60 bits per heavy atom. The lowest BCUT2D eigenvalue weighted by molar-refractivity contribution is -0.123. The van der Waals surface area contributed by atoms with Crippen LogP contribution in [-0.2, 0) is 11.3 Å². The molecule has 3 nitrogen and oxygen atoms in total. The molecule has 2 aromatic carbocycles. The molecule has 0 atom stereocenters. The van der Waals surface area contributed by atoms with Crippen LogP contribution in [0, 0.1) is 0 Å². The summed E-state index contributed by atoms with van der Waals surface area (Å²) in [6.07, 6.45) is 3.57. The maximum absolute atomic E-state index is 12.5. The highest BCUT2D eigenvalue weighted by Gasteiger charge is 2.35. The monoisotopic (exact) mass is 433 g/mol. The fourth-order valence-electron chi connectivity index (χ4n) is 2.33. The quantitative estimate of drug-likeness (QED) is 0.566. The topological polar surface area (TPSA) is 37.4 Å². The van der Waals surface area contributed by atoms with Gasteiger partial charge in [0, 0.05) is 9.51 Å². The van der Waals surface area contributed by atoms with Gasteiger partial charge in [-0.25, -0.2) is 0 Å².